The van der Waals surface area contributed by atoms with Crippen molar-refractivity contribution in [2.24, 2.45) is 0 Å². The van der Waals surface area contributed by atoms with Gasteiger partial charge in [-0.05, 0) is 31.2 Å². The first kappa shape index (κ1) is 18.7. The molecule has 0 saturated carbocycles. The number of rotatable bonds is 6. The molecule has 0 aliphatic heterocycles. The summed E-state index contributed by atoms with van der Waals surface area (Å²) in [5.41, 5.74) is 0.205. The zero-order chi connectivity index (χ0) is 18.6. The summed E-state index contributed by atoms with van der Waals surface area (Å²) in [6.07, 6.45) is 0.923. The van der Waals surface area contributed by atoms with Crippen LogP contribution in [0.2, 0.25) is 0 Å². The number of ether oxygens (including phenoxy) is 1. The Kier molecular flexibility index (Phi) is 5.63. The Labute approximate surface area is 146 Å². The van der Waals surface area contributed by atoms with Gasteiger partial charge in [-0.3, -0.25) is 9.10 Å². The van der Waals surface area contributed by atoms with E-state index in [0.29, 0.717) is 11.4 Å². The number of carbonyl (C=O) groups excluding carboxylic acids is 1. The van der Waals surface area contributed by atoms with E-state index in [1.165, 1.54) is 32.2 Å². The minimum atomic E-state index is -3.89. The number of sulfonamides is 1. The van der Waals surface area contributed by atoms with E-state index >= 15 is 0 Å². The molecule has 0 bridgehead atoms. The fraction of sp³-hybridized carbons (Fsp3) is 0.235. The number of nitrogens with zero attached hydrogens (tertiary/aromatic N) is 1. The van der Waals surface area contributed by atoms with Crippen molar-refractivity contribution in [2.75, 3.05) is 23.0 Å². The van der Waals surface area contributed by atoms with Crippen LogP contribution >= 0.6 is 0 Å². The lowest BCUT2D eigenvalue weighted by Gasteiger charge is -2.28. The van der Waals surface area contributed by atoms with Gasteiger partial charge >= 0.3 is 0 Å². The molecule has 25 heavy (non-hydrogen) atoms. The molecular formula is C17H19FN2O4S. The van der Waals surface area contributed by atoms with Gasteiger partial charge in [0.15, 0.2) is 0 Å². The third-order valence-corrected chi connectivity index (χ3v) is 4.77. The lowest BCUT2D eigenvalue weighted by atomic mass is 10.2. The van der Waals surface area contributed by atoms with Crippen molar-refractivity contribution < 1.29 is 22.3 Å². The first-order valence-electron chi connectivity index (χ1n) is 7.43. The van der Waals surface area contributed by atoms with Gasteiger partial charge in [0, 0.05) is 0 Å². The maximum atomic E-state index is 14.1. The first-order valence-corrected chi connectivity index (χ1v) is 9.28. The number of benzene rings is 2. The van der Waals surface area contributed by atoms with Crippen molar-refractivity contribution >= 4 is 27.3 Å². The van der Waals surface area contributed by atoms with Crippen LogP contribution in [0.3, 0.4) is 0 Å². The zero-order valence-electron chi connectivity index (χ0n) is 14.1. The molecule has 0 radical (unpaired) electrons. The van der Waals surface area contributed by atoms with Crippen LogP contribution in [0.5, 0.6) is 5.75 Å². The number of carbonyl (C=O) groups is 1. The van der Waals surface area contributed by atoms with Crippen molar-refractivity contribution in [1.29, 1.82) is 0 Å². The van der Waals surface area contributed by atoms with Crippen LogP contribution in [0.25, 0.3) is 0 Å². The quantitative estimate of drug-likeness (QED) is 0.853. The van der Waals surface area contributed by atoms with Crippen molar-refractivity contribution in [3.05, 3.63) is 54.3 Å². The molecule has 0 spiro atoms. The molecule has 0 fully saturated rings. The molecule has 1 N–H and O–H groups in total. The summed E-state index contributed by atoms with van der Waals surface area (Å²) in [4.78, 5) is 12.6. The molecule has 1 atom stereocenters. The average Bonchev–Trinajstić information content (AvgIpc) is 2.56. The lowest BCUT2D eigenvalue weighted by Crippen LogP contribution is -2.45. The number of methoxy groups -OCH3 is 1. The summed E-state index contributed by atoms with van der Waals surface area (Å²) in [5.74, 6) is -0.914. The molecule has 2 aromatic rings. The molecule has 0 aromatic heterocycles. The van der Waals surface area contributed by atoms with Crippen molar-refractivity contribution in [3.8, 4) is 5.75 Å². The minimum Gasteiger partial charge on any atom is -0.495 e. The second-order valence-corrected chi connectivity index (χ2v) is 7.24. The van der Waals surface area contributed by atoms with Crippen LogP contribution in [-0.4, -0.2) is 33.7 Å². The summed E-state index contributed by atoms with van der Waals surface area (Å²) >= 11 is 0. The number of hydrogen-bond acceptors (Lipinski definition) is 4. The van der Waals surface area contributed by atoms with Gasteiger partial charge in [0.1, 0.15) is 17.6 Å². The molecule has 6 nitrogen and oxygen atoms in total. The Balaban J connectivity index is 2.36. The van der Waals surface area contributed by atoms with Crippen LogP contribution in [0.4, 0.5) is 15.8 Å². The molecule has 134 valence electrons. The Bertz CT molecular complexity index is 870. The molecule has 8 heteroatoms. The number of amides is 1. The van der Waals surface area contributed by atoms with E-state index in [2.05, 4.69) is 5.32 Å². The van der Waals surface area contributed by atoms with E-state index < -0.39 is 27.8 Å². The van der Waals surface area contributed by atoms with Gasteiger partial charge in [0.25, 0.3) is 0 Å². The van der Waals surface area contributed by atoms with Crippen LogP contribution in [-0.2, 0) is 14.8 Å². The van der Waals surface area contributed by atoms with E-state index in [1.54, 1.807) is 24.3 Å². The molecular weight excluding hydrogens is 347 g/mol. The molecule has 0 aliphatic carbocycles. The van der Waals surface area contributed by atoms with E-state index in [9.17, 15) is 17.6 Å². The summed E-state index contributed by atoms with van der Waals surface area (Å²) in [6.45, 7) is 1.39. The SMILES string of the molecule is COc1ccccc1NC(=O)C(C)N(c1ccccc1F)S(C)(=O)=O. The summed E-state index contributed by atoms with van der Waals surface area (Å²) < 4.78 is 44.3. The number of nitrogens with one attached hydrogen (secondary N) is 1. The van der Waals surface area contributed by atoms with Gasteiger partial charge in [0.2, 0.25) is 15.9 Å². The second kappa shape index (κ2) is 7.52. The zero-order valence-corrected chi connectivity index (χ0v) is 14.9. The summed E-state index contributed by atoms with van der Waals surface area (Å²) in [7, 11) is -2.44. The maximum absolute atomic E-state index is 14.1. The van der Waals surface area contributed by atoms with Crippen molar-refractivity contribution in [1.82, 2.24) is 0 Å². The Morgan fingerprint density at radius 2 is 1.76 bits per heavy atom. The fourth-order valence-electron chi connectivity index (χ4n) is 2.40. The molecule has 0 heterocycles. The maximum Gasteiger partial charge on any atom is 0.248 e. The summed E-state index contributed by atoms with van der Waals surface area (Å²) in [6, 6.07) is 10.9. The van der Waals surface area contributed by atoms with Gasteiger partial charge in [-0.25, -0.2) is 12.8 Å². The van der Waals surface area contributed by atoms with Gasteiger partial charge in [-0.1, -0.05) is 24.3 Å². The van der Waals surface area contributed by atoms with E-state index in [4.69, 9.17) is 4.74 Å². The predicted octanol–water partition coefficient (Wildman–Crippen LogP) is 2.63. The van der Waals surface area contributed by atoms with Crippen molar-refractivity contribution in [2.45, 2.75) is 13.0 Å². The third-order valence-electron chi connectivity index (χ3n) is 3.54. The first-order chi connectivity index (χ1) is 11.8. The number of halogens is 1. The minimum absolute atomic E-state index is 0.187. The normalized spacial score (nSPS) is 12.3. The topological polar surface area (TPSA) is 75.7 Å². The van der Waals surface area contributed by atoms with E-state index in [1.807, 2.05) is 0 Å². The lowest BCUT2D eigenvalue weighted by molar-refractivity contribution is -0.116. The molecule has 0 saturated heterocycles. The Hall–Kier alpha value is -2.61. The summed E-state index contributed by atoms with van der Waals surface area (Å²) in [5, 5.41) is 2.61. The van der Waals surface area contributed by atoms with Crippen LogP contribution in [0.15, 0.2) is 48.5 Å². The van der Waals surface area contributed by atoms with Gasteiger partial charge in [-0.2, -0.15) is 0 Å². The highest BCUT2D eigenvalue weighted by Crippen LogP contribution is 2.26. The fourth-order valence-corrected chi connectivity index (χ4v) is 3.57. The molecule has 2 rings (SSSR count). The monoisotopic (exact) mass is 366 g/mol. The molecule has 0 aliphatic rings. The standard InChI is InChI=1S/C17H19FN2O4S/c1-12(17(21)19-14-9-5-7-11-16(14)24-2)20(25(3,22)23)15-10-6-4-8-13(15)18/h4-12H,1-3H3,(H,19,21). The van der Waals surface area contributed by atoms with E-state index in [-0.39, 0.29) is 5.69 Å². The third kappa shape index (κ3) is 4.27. The second-order valence-electron chi connectivity index (χ2n) is 5.38. The predicted molar refractivity (Wildman–Crippen MR) is 94.8 cm³/mol. The molecule has 1 unspecified atom stereocenters. The smallest absolute Gasteiger partial charge is 0.248 e. The highest BCUT2D eigenvalue weighted by molar-refractivity contribution is 7.92. The Morgan fingerprint density at radius 3 is 2.36 bits per heavy atom. The molecule has 2 aromatic carbocycles. The average molecular weight is 366 g/mol. The van der Waals surface area contributed by atoms with E-state index in [0.717, 1.165) is 16.6 Å². The van der Waals surface area contributed by atoms with Crippen LogP contribution < -0.4 is 14.4 Å². The van der Waals surface area contributed by atoms with Gasteiger partial charge in [-0.15, -0.1) is 0 Å². The molecule has 1 amide bonds. The highest BCUT2D eigenvalue weighted by atomic mass is 32.2. The largest absolute Gasteiger partial charge is 0.495 e. The number of hydrogen-bond donors (Lipinski definition) is 1. The highest BCUT2D eigenvalue weighted by Gasteiger charge is 2.31. The Morgan fingerprint density at radius 1 is 1.16 bits per heavy atom. The number of para-hydroxylation sites is 3. The van der Waals surface area contributed by atoms with Crippen molar-refractivity contribution in [3.63, 3.8) is 0 Å². The number of anilines is 2. The van der Waals surface area contributed by atoms with Gasteiger partial charge < -0.3 is 10.1 Å². The van der Waals surface area contributed by atoms with Gasteiger partial charge in [0.05, 0.1) is 24.7 Å². The van der Waals surface area contributed by atoms with Crippen LogP contribution in [0, 0.1) is 5.82 Å². The van der Waals surface area contributed by atoms with Crippen LogP contribution in [0.1, 0.15) is 6.92 Å².